The van der Waals surface area contributed by atoms with Gasteiger partial charge in [-0.15, -0.1) is 0 Å². The molecule has 0 amide bonds. The van der Waals surface area contributed by atoms with Crippen LogP contribution in [-0.4, -0.2) is 32.4 Å². The highest BCUT2D eigenvalue weighted by molar-refractivity contribution is 7.72. The van der Waals surface area contributed by atoms with Gasteiger partial charge in [0, 0.05) is 7.05 Å². The van der Waals surface area contributed by atoms with Crippen molar-refractivity contribution >= 4 is 18.9 Å². The molecule has 0 fully saturated rings. The average molecular weight is 410 g/mol. The molecule has 0 saturated heterocycles. The second-order valence-electron chi connectivity index (χ2n) is 6.76. The van der Waals surface area contributed by atoms with Crippen LogP contribution in [0.3, 0.4) is 0 Å². The van der Waals surface area contributed by atoms with E-state index in [0.29, 0.717) is 11.4 Å². The second kappa shape index (κ2) is 8.87. The molecule has 2 N–H and O–H groups in total. The molecule has 28 heavy (non-hydrogen) atoms. The lowest BCUT2D eigenvalue weighted by Gasteiger charge is -2.22. The maximum absolute atomic E-state index is 13.2. The van der Waals surface area contributed by atoms with Crippen LogP contribution in [0.5, 0.6) is 0 Å². The van der Waals surface area contributed by atoms with Gasteiger partial charge in [-0.2, -0.15) is 0 Å². The van der Waals surface area contributed by atoms with Gasteiger partial charge in [0.2, 0.25) is 5.58 Å². The first kappa shape index (κ1) is 22.1. The van der Waals surface area contributed by atoms with Crippen molar-refractivity contribution in [1.82, 2.24) is 14.8 Å². The van der Waals surface area contributed by atoms with Crippen LogP contribution in [0.15, 0.2) is 40.1 Å². The fraction of sp³-hybridized carbons (Fsp3) is 0.444. The van der Waals surface area contributed by atoms with E-state index < -0.39 is 30.9 Å². The van der Waals surface area contributed by atoms with Gasteiger partial charge in [-0.3, -0.25) is 19.2 Å². The molecule has 1 heterocycles. The second-order valence-corrected chi connectivity index (χ2v) is 8.60. The van der Waals surface area contributed by atoms with E-state index in [1.54, 1.807) is 64.0 Å². The largest absolute Gasteiger partial charge is 0.398 e. The van der Waals surface area contributed by atoms with Gasteiger partial charge in [0.15, 0.2) is 5.69 Å². The lowest BCUT2D eigenvalue weighted by molar-refractivity contribution is 0.147. The molecule has 154 valence electrons. The number of hydroxylamine groups is 1. The third kappa shape index (κ3) is 4.62. The van der Waals surface area contributed by atoms with Crippen molar-refractivity contribution in [3.63, 3.8) is 0 Å². The highest BCUT2D eigenvalue weighted by Gasteiger charge is 2.36. The summed E-state index contributed by atoms with van der Waals surface area (Å²) in [5.41, 5.74) is 2.11. The van der Waals surface area contributed by atoms with Crippen LogP contribution >= 0.6 is 7.60 Å². The molecule has 0 aliphatic heterocycles. The van der Waals surface area contributed by atoms with Crippen LogP contribution in [0.1, 0.15) is 33.4 Å². The molecule has 10 heteroatoms. The Labute approximate surface area is 164 Å². The fourth-order valence-electron chi connectivity index (χ4n) is 2.62. The van der Waals surface area contributed by atoms with Crippen molar-refractivity contribution in [3.8, 4) is 5.69 Å². The Bertz CT molecular complexity index is 933. The van der Waals surface area contributed by atoms with E-state index >= 15 is 0 Å². The van der Waals surface area contributed by atoms with E-state index in [-0.39, 0.29) is 5.69 Å². The molecule has 0 saturated carbocycles. The molecular weight excluding hydrogens is 383 g/mol. The van der Waals surface area contributed by atoms with Gasteiger partial charge in [-0.25, -0.2) is 15.2 Å². The van der Waals surface area contributed by atoms with Gasteiger partial charge in [0.1, 0.15) is 0 Å². The monoisotopic (exact) mass is 410 g/mol. The topological polar surface area (TPSA) is 107 Å². The third-order valence-corrected chi connectivity index (χ3v) is 5.92. The fourth-order valence-corrected chi connectivity index (χ4v) is 4.32. The summed E-state index contributed by atoms with van der Waals surface area (Å²) in [6.07, 6.45) is -0.915. The van der Waals surface area contributed by atoms with Gasteiger partial charge in [-0.1, -0.05) is 18.2 Å². The van der Waals surface area contributed by atoms with E-state index in [1.807, 2.05) is 18.2 Å². The highest BCUT2D eigenvalue weighted by Crippen LogP contribution is 2.51. The van der Waals surface area contributed by atoms with Gasteiger partial charge in [-0.05, 0) is 46.8 Å². The van der Waals surface area contributed by atoms with Crippen LogP contribution in [0.4, 0.5) is 5.69 Å². The SMILES string of the molecule is Cc1c(N=C(NO)P(=O)(OC(C)C)OC(C)C)c(=O)n(-c2ccccc2)n1C. The summed E-state index contributed by atoms with van der Waals surface area (Å²) in [5.74, 6) is 0. The number of benzene rings is 1. The third-order valence-electron chi connectivity index (χ3n) is 3.80. The molecule has 0 aliphatic carbocycles. The number of hydrogen-bond donors (Lipinski definition) is 2. The highest BCUT2D eigenvalue weighted by atomic mass is 31.2. The Kier molecular flexibility index (Phi) is 7.01. The maximum atomic E-state index is 13.2. The first-order chi connectivity index (χ1) is 13.1. The number of para-hydroxylation sites is 1. The lowest BCUT2D eigenvalue weighted by atomic mass is 10.3. The van der Waals surface area contributed by atoms with E-state index in [2.05, 4.69) is 4.99 Å². The van der Waals surface area contributed by atoms with E-state index in [0.717, 1.165) is 0 Å². The van der Waals surface area contributed by atoms with Crippen molar-refractivity contribution < 1.29 is 18.8 Å². The molecule has 0 atom stereocenters. The summed E-state index contributed by atoms with van der Waals surface area (Å²) in [4.78, 5) is 17.1. The molecule has 1 aromatic carbocycles. The number of aliphatic imine (C=N–C) groups is 1. The zero-order valence-corrected chi connectivity index (χ0v) is 17.8. The van der Waals surface area contributed by atoms with Gasteiger partial charge in [0.25, 0.3) is 5.56 Å². The van der Waals surface area contributed by atoms with Crippen LogP contribution in [0.2, 0.25) is 0 Å². The van der Waals surface area contributed by atoms with Gasteiger partial charge in [0.05, 0.1) is 23.6 Å². The van der Waals surface area contributed by atoms with Gasteiger partial charge < -0.3 is 9.05 Å². The Morgan fingerprint density at radius 2 is 1.68 bits per heavy atom. The maximum Gasteiger partial charge on any atom is 0.398 e. The van der Waals surface area contributed by atoms with Crippen molar-refractivity contribution in [2.75, 3.05) is 0 Å². The smallest absolute Gasteiger partial charge is 0.300 e. The molecule has 2 rings (SSSR count). The Morgan fingerprint density at radius 3 is 2.14 bits per heavy atom. The summed E-state index contributed by atoms with van der Waals surface area (Å²) in [6, 6.07) is 9.05. The van der Waals surface area contributed by atoms with Crippen LogP contribution in [0.25, 0.3) is 5.69 Å². The molecule has 0 spiro atoms. The van der Waals surface area contributed by atoms with Gasteiger partial charge >= 0.3 is 7.60 Å². The molecule has 9 nitrogen and oxygen atoms in total. The predicted octanol–water partition coefficient (Wildman–Crippen LogP) is 3.49. The zero-order chi connectivity index (χ0) is 21.1. The first-order valence-electron chi connectivity index (χ1n) is 8.91. The van der Waals surface area contributed by atoms with E-state index in [1.165, 1.54) is 4.68 Å². The number of amidine groups is 1. The average Bonchev–Trinajstić information content (AvgIpc) is 2.81. The molecule has 0 aliphatic rings. The van der Waals surface area contributed by atoms with E-state index in [4.69, 9.17) is 9.05 Å². The first-order valence-corrected chi connectivity index (χ1v) is 10.4. The number of rotatable bonds is 7. The van der Waals surface area contributed by atoms with Crippen LogP contribution < -0.4 is 11.0 Å². The minimum absolute atomic E-state index is 0.0165. The molecule has 0 unspecified atom stereocenters. The molecule has 0 bridgehead atoms. The van der Waals surface area contributed by atoms with Crippen molar-refractivity contribution in [2.45, 2.75) is 46.8 Å². The summed E-state index contributed by atoms with van der Waals surface area (Å²) < 4.78 is 27.2. The number of aromatic nitrogens is 2. The normalized spacial score (nSPS) is 12.8. The predicted molar refractivity (Wildman–Crippen MR) is 108 cm³/mol. The molecule has 1 aromatic heterocycles. The Hall–Kier alpha value is -2.19. The number of nitrogens with one attached hydrogen (secondary N) is 1. The molecule has 2 aromatic rings. The Balaban J connectivity index is 2.64. The van der Waals surface area contributed by atoms with Crippen molar-refractivity contribution in [1.29, 1.82) is 0 Å². The van der Waals surface area contributed by atoms with Crippen LogP contribution in [0, 0.1) is 6.92 Å². The number of nitrogens with zero attached hydrogens (tertiary/aromatic N) is 3. The Morgan fingerprint density at radius 1 is 1.14 bits per heavy atom. The molecule has 0 radical (unpaired) electrons. The standard InChI is InChI=1S/C18H27N4O5P/c1-12(2)26-28(25,27-13(3)4)18(20-24)19-16-14(5)21(6)22(17(16)23)15-10-8-7-9-11-15/h7-13,24H,1-6H3,(H,19,20). The zero-order valence-electron chi connectivity index (χ0n) is 16.9. The summed E-state index contributed by atoms with van der Waals surface area (Å²) >= 11 is 0. The van der Waals surface area contributed by atoms with Crippen molar-refractivity contribution in [2.24, 2.45) is 12.0 Å². The molecular formula is C18H27N4O5P. The lowest BCUT2D eigenvalue weighted by Crippen LogP contribution is -2.25. The summed E-state index contributed by atoms with van der Waals surface area (Å²) in [5, 5.41) is 9.60. The minimum Gasteiger partial charge on any atom is -0.300 e. The number of hydrogen-bond acceptors (Lipinski definition) is 6. The summed E-state index contributed by atoms with van der Waals surface area (Å²) in [6.45, 7) is 8.43. The summed E-state index contributed by atoms with van der Waals surface area (Å²) in [7, 11) is -2.28. The van der Waals surface area contributed by atoms with E-state index in [9.17, 15) is 14.6 Å². The van der Waals surface area contributed by atoms with Crippen LogP contribution in [-0.2, 0) is 20.7 Å². The quantitative estimate of drug-likeness (QED) is 0.313. The van der Waals surface area contributed by atoms with Crippen molar-refractivity contribution in [3.05, 3.63) is 46.4 Å². The minimum atomic E-state index is -3.99.